The van der Waals surface area contributed by atoms with Crippen molar-refractivity contribution in [2.75, 3.05) is 32.8 Å². The summed E-state index contributed by atoms with van der Waals surface area (Å²) in [7, 11) is 0. The maximum absolute atomic E-state index is 13.0. The molecule has 2 amide bonds. The Morgan fingerprint density at radius 2 is 1.70 bits per heavy atom. The van der Waals surface area contributed by atoms with E-state index in [0.29, 0.717) is 26.2 Å². The quantitative estimate of drug-likeness (QED) is 0.732. The highest BCUT2D eigenvalue weighted by Gasteiger charge is 2.21. The smallest absolute Gasteiger partial charge is 0.315 e. The number of ether oxygens (including phenoxy) is 2. The van der Waals surface area contributed by atoms with Crippen LogP contribution in [0.5, 0.6) is 11.5 Å². The van der Waals surface area contributed by atoms with Gasteiger partial charge in [-0.2, -0.15) is 0 Å². The second-order valence-corrected chi connectivity index (χ2v) is 7.84. The number of likely N-dealkylation sites (tertiary alicyclic amines) is 1. The number of carbonyl (C=O) groups excluding carboxylic acids is 1. The van der Waals surface area contributed by atoms with Crippen molar-refractivity contribution in [1.82, 2.24) is 15.5 Å². The minimum atomic E-state index is -0.284. The van der Waals surface area contributed by atoms with Crippen LogP contribution < -0.4 is 20.1 Å². The van der Waals surface area contributed by atoms with Crippen LogP contribution in [-0.4, -0.2) is 49.8 Å². The van der Waals surface area contributed by atoms with E-state index >= 15 is 0 Å². The van der Waals surface area contributed by atoms with Gasteiger partial charge in [0, 0.05) is 19.1 Å². The molecule has 1 saturated heterocycles. The Bertz CT molecular complexity index is 853. The number of urea groups is 1. The Hall–Kier alpha value is -2.80. The molecule has 0 saturated carbocycles. The molecule has 6 nitrogen and oxygen atoms in total. The van der Waals surface area contributed by atoms with Crippen LogP contribution in [0.1, 0.15) is 24.0 Å². The minimum Gasteiger partial charge on any atom is -0.486 e. The highest BCUT2D eigenvalue weighted by molar-refractivity contribution is 5.74. The Morgan fingerprint density at radius 3 is 2.47 bits per heavy atom. The fourth-order valence-corrected chi connectivity index (χ4v) is 3.96. The van der Waals surface area contributed by atoms with Crippen molar-refractivity contribution in [3.63, 3.8) is 0 Å². The van der Waals surface area contributed by atoms with Gasteiger partial charge in [0.1, 0.15) is 19.0 Å². The zero-order valence-electron chi connectivity index (χ0n) is 17.0. The molecule has 1 atom stereocenters. The summed E-state index contributed by atoms with van der Waals surface area (Å²) in [5.74, 6) is 1.25. The van der Waals surface area contributed by atoms with Crippen molar-refractivity contribution >= 4 is 6.03 Å². The predicted molar refractivity (Wildman–Crippen MR) is 112 cm³/mol. The van der Waals surface area contributed by atoms with Gasteiger partial charge in [0.15, 0.2) is 11.5 Å². The lowest BCUT2D eigenvalue weighted by atomic mass is 10.0. The number of rotatable bonds is 7. The van der Waals surface area contributed by atoms with E-state index in [1.54, 1.807) is 12.1 Å². The van der Waals surface area contributed by atoms with E-state index in [2.05, 4.69) is 15.5 Å². The van der Waals surface area contributed by atoms with Crippen molar-refractivity contribution < 1.29 is 18.7 Å². The maximum Gasteiger partial charge on any atom is 0.315 e. The molecule has 0 aromatic heterocycles. The number of hydrogen-bond donors (Lipinski definition) is 2. The number of fused-ring (bicyclic) bond motifs is 1. The first-order chi connectivity index (χ1) is 14.7. The maximum atomic E-state index is 13.0. The van der Waals surface area contributed by atoms with E-state index in [9.17, 15) is 9.18 Å². The summed E-state index contributed by atoms with van der Waals surface area (Å²) < 4.78 is 24.3. The van der Waals surface area contributed by atoms with Crippen molar-refractivity contribution in [1.29, 1.82) is 0 Å². The number of halogens is 1. The molecule has 2 aliphatic rings. The lowest BCUT2D eigenvalue weighted by Gasteiger charge is -2.25. The van der Waals surface area contributed by atoms with Gasteiger partial charge in [0.2, 0.25) is 0 Å². The van der Waals surface area contributed by atoms with Crippen LogP contribution in [0.4, 0.5) is 9.18 Å². The molecule has 2 aliphatic heterocycles. The third-order valence-corrected chi connectivity index (χ3v) is 5.47. The molecule has 2 aromatic rings. The molecule has 0 bridgehead atoms. The van der Waals surface area contributed by atoms with Gasteiger partial charge in [0.05, 0.1) is 0 Å². The molecule has 2 aromatic carbocycles. The van der Waals surface area contributed by atoms with E-state index in [-0.39, 0.29) is 17.9 Å². The van der Waals surface area contributed by atoms with Crippen LogP contribution in [0.15, 0.2) is 42.5 Å². The Kier molecular flexibility index (Phi) is 6.69. The molecule has 2 N–H and O–H groups in total. The first-order valence-electron chi connectivity index (χ1n) is 10.6. The second kappa shape index (κ2) is 9.80. The van der Waals surface area contributed by atoms with Gasteiger partial charge >= 0.3 is 6.03 Å². The van der Waals surface area contributed by atoms with Crippen LogP contribution in [0.2, 0.25) is 0 Å². The van der Waals surface area contributed by atoms with Gasteiger partial charge in [-0.05, 0) is 67.7 Å². The van der Waals surface area contributed by atoms with Gasteiger partial charge in [-0.3, -0.25) is 0 Å². The lowest BCUT2D eigenvalue weighted by molar-refractivity contribution is 0.171. The Morgan fingerprint density at radius 1 is 1.00 bits per heavy atom. The highest BCUT2D eigenvalue weighted by Crippen LogP contribution is 2.31. The standard InChI is InChI=1S/C23H28FN3O3/c24-19-6-3-17(4-7-19)15-25-23(28)26-20(16-27-9-1-2-10-27)13-18-5-8-21-22(14-18)30-12-11-29-21/h3-8,14,20H,1-2,9-13,15-16H2,(H2,25,26,28)/t20-/m0/s1. The summed E-state index contributed by atoms with van der Waals surface area (Å²) in [6.45, 7) is 4.41. The van der Waals surface area contributed by atoms with Crippen LogP contribution in [0, 0.1) is 5.82 Å². The third kappa shape index (κ3) is 5.63. The predicted octanol–water partition coefficient (Wildman–Crippen LogP) is 3.10. The van der Waals surface area contributed by atoms with Gasteiger partial charge in [-0.25, -0.2) is 9.18 Å². The Labute approximate surface area is 176 Å². The van der Waals surface area contributed by atoms with Crippen LogP contribution in [0.3, 0.4) is 0 Å². The van der Waals surface area contributed by atoms with Gasteiger partial charge in [0.25, 0.3) is 0 Å². The van der Waals surface area contributed by atoms with Gasteiger partial charge < -0.3 is 25.0 Å². The normalized spacial score (nSPS) is 16.8. The van der Waals surface area contributed by atoms with Crippen molar-refractivity contribution in [3.8, 4) is 11.5 Å². The molecule has 7 heteroatoms. The number of nitrogens with one attached hydrogen (secondary N) is 2. The third-order valence-electron chi connectivity index (χ3n) is 5.47. The Balaban J connectivity index is 1.37. The molecule has 1 fully saturated rings. The molecule has 0 unspecified atom stereocenters. The zero-order valence-corrected chi connectivity index (χ0v) is 17.0. The largest absolute Gasteiger partial charge is 0.486 e. The van der Waals surface area contributed by atoms with E-state index in [4.69, 9.17) is 9.47 Å². The van der Waals surface area contributed by atoms with Crippen LogP contribution in [0.25, 0.3) is 0 Å². The first-order valence-corrected chi connectivity index (χ1v) is 10.6. The summed E-state index contributed by atoms with van der Waals surface area (Å²) in [5, 5.41) is 5.99. The summed E-state index contributed by atoms with van der Waals surface area (Å²) in [5.41, 5.74) is 1.96. The average molecular weight is 413 g/mol. The van der Waals surface area contributed by atoms with Gasteiger partial charge in [-0.15, -0.1) is 0 Å². The highest BCUT2D eigenvalue weighted by atomic mass is 19.1. The first kappa shape index (κ1) is 20.5. The monoisotopic (exact) mass is 413 g/mol. The molecular formula is C23H28FN3O3. The summed E-state index contributed by atoms with van der Waals surface area (Å²) in [6, 6.07) is 11.9. The van der Waals surface area contributed by atoms with Crippen molar-refractivity contribution in [2.24, 2.45) is 0 Å². The number of nitrogens with zero attached hydrogens (tertiary/aromatic N) is 1. The lowest BCUT2D eigenvalue weighted by Crippen LogP contribution is -2.48. The van der Waals surface area contributed by atoms with E-state index in [1.807, 2.05) is 18.2 Å². The van der Waals surface area contributed by atoms with E-state index in [0.717, 1.165) is 42.3 Å². The van der Waals surface area contributed by atoms with E-state index < -0.39 is 0 Å². The molecule has 4 rings (SSSR count). The molecule has 0 radical (unpaired) electrons. The van der Waals surface area contributed by atoms with Crippen LogP contribution >= 0.6 is 0 Å². The number of benzene rings is 2. The fourth-order valence-electron chi connectivity index (χ4n) is 3.96. The van der Waals surface area contributed by atoms with Crippen LogP contribution in [-0.2, 0) is 13.0 Å². The second-order valence-electron chi connectivity index (χ2n) is 7.84. The molecule has 2 heterocycles. The molecule has 30 heavy (non-hydrogen) atoms. The summed E-state index contributed by atoms with van der Waals surface area (Å²) in [6.07, 6.45) is 3.11. The molecular weight excluding hydrogens is 385 g/mol. The van der Waals surface area contributed by atoms with Crippen molar-refractivity contribution in [2.45, 2.75) is 31.8 Å². The number of amides is 2. The zero-order chi connectivity index (χ0) is 20.8. The SMILES string of the molecule is O=C(NCc1ccc(F)cc1)N[C@@H](Cc1ccc2c(c1)OCCO2)CN1CCCC1. The van der Waals surface area contributed by atoms with Crippen molar-refractivity contribution in [3.05, 3.63) is 59.4 Å². The fraction of sp³-hybridized carbons (Fsp3) is 0.435. The summed E-state index contributed by atoms with van der Waals surface area (Å²) in [4.78, 5) is 14.9. The number of carbonyl (C=O) groups is 1. The molecule has 160 valence electrons. The molecule has 0 spiro atoms. The summed E-state index contributed by atoms with van der Waals surface area (Å²) >= 11 is 0. The van der Waals surface area contributed by atoms with Gasteiger partial charge in [-0.1, -0.05) is 18.2 Å². The average Bonchev–Trinajstić information content (AvgIpc) is 3.26. The topological polar surface area (TPSA) is 62.8 Å². The minimum absolute atomic E-state index is 0.0288. The number of hydrogen-bond acceptors (Lipinski definition) is 4. The van der Waals surface area contributed by atoms with E-state index in [1.165, 1.54) is 25.0 Å². The molecule has 0 aliphatic carbocycles.